The van der Waals surface area contributed by atoms with E-state index in [1.165, 1.54) is 4.31 Å². The molecule has 0 radical (unpaired) electrons. The number of nitrogens with zero attached hydrogens (tertiary/aromatic N) is 1. The summed E-state index contributed by atoms with van der Waals surface area (Å²) in [6.07, 6.45) is 5.26. The SMILES string of the molecule is CCCS(=O)(=O)N1C(C(N)=O)CC2CCCCC21. The summed E-state index contributed by atoms with van der Waals surface area (Å²) < 4.78 is 26.1. The Bertz CT molecular complexity index is 421. The zero-order chi connectivity index (χ0) is 13.3. The van der Waals surface area contributed by atoms with Crippen LogP contribution >= 0.6 is 0 Å². The van der Waals surface area contributed by atoms with Crippen molar-refractivity contribution < 1.29 is 13.2 Å². The second kappa shape index (κ2) is 5.17. The van der Waals surface area contributed by atoms with E-state index in [2.05, 4.69) is 0 Å². The number of rotatable bonds is 4. The largest absolute Gasteiger partial charge is 0.368 e. The van der Waals surface area contributed by atoms with Crippen molar-refractivity contribution >= 4 is 15.9 Å². The van der Waals surface area contributed by atoms with Crippen molar-refractivity contribution in [3.05, 3.63) is 0 Å². The molecule has 2 aliphatic rings. The smallest absolute Gasteiger partial charge is 0.235 e. The zero-order valence-electron chi connectivity index (χ0n) is 10.8. The molecule has 1 saturated heterocycles. The molecule has 3 atom stereocenters. The number of amides is 1. The highest BCUT2D eigenvalue weighted by Gasteiger charge is 2.49. The molecule has 1 amide bonds. The second-order valence-corrected chi connectivity index (χ2v) is 7.41. The molecule has 0 aromatic rings. The van der Waals surface area contributed by atoms with Gasteiger partial charge in [-0.25, -0.2) is 8.42 Å². The monoisotopic (exact) mass is 274 g/mol. The van der Waals surface area contributed by atoms with Gasteiger partial charge in [-0.15, -0.1) is 0 Å². The lowest BCUT2D eigenvalue weighted by Crippen LogP contribution is -2.48. The molecule has 104 valence electrons. The van der Waals surface area contributed by atoms with Crippen LogP contribution in [0.2, 0.25) is 0 Å². The average Bonchev–Trinajstić information content (AvgIpc) is 2.68. The van der Waals surface area contributed by atoms with Gasteiger partial charge in [0.2, 0.25) is 15.9 Å². The molecule has 5 nitrogen and oxygen atoms in total. The molecular formula is C12H22N2O3S. The number of carbonyl (C=O) groups excluding carboxylic acids is 1. The Kier molecular flexibility index (Phi) is 3.96. The highest BCUT2D eigenvalue weighted by atomic mass is 32.2. The van der Waals surface area contributed by atoms with Crippen molar-refractivity contribution in [3.63, 3.8) is 0 Å². The van der Waals surface area contributed by atoms with E-state index < -0.39 is 22.0 Å². The van der Waals surface area contributed by atoms with Gasteiger partial charge in [-0.3, -0.25) is 4.79 Å². The molecular weight excluding hydrogens is 252 g/mol. The molecule has 1 aliphatic carbocycles. The minimum absolute atomic E-state index is 0.00722. The minimum Gasteiger partial charge on any atom is -0.368 e. The molecule has 0 bridgehead atoms. The third-order valence-corrected chi connectivity index (χ3v) is 6.23. The first-order valence-electron chi connectivity index (χ1n) is 6.78. The third-order valence-electron chi connectivity index (χ3n) is 4.14. The summed E-state index contributed by atoms with van der Waals surface area (Å²) in [6, 6.07) is -0.609. The van der Waals surface area contributed by atoms with E-state index >= 15 is 0 Å². The topological polar surface area (TPSA) is 80.5 Å². The molecule has 1 heterocycles. The van der Waals surface area contributed by atoms with Gasteiger partial charge in [-0.05, 0) is 31.6 Å². The second-order valence-electron chi connectivity index (χ2n) is 5.41. The predicted molar refractivity (Wildman–Crippen MR) is 69.3 cm³/mol. The van der Waals surface area contributed by atoms with Crippen molar-refractivity contribution in [2.45, 2.75) is 57.5 Å². The lowest BCUT2D eigenvalue weighted by Gasteiger charge is -2.32. The Morgan fingerprint density at radius 2 is 2.00 bits per heavy atom. The Morgan fingerprint density at radius 3 is 2.61 bits per heavy atom. The number of hydrogen-bond acceptors (Lipinski definition) is 3. The van der Waals surface area contributed by atoms with Crippen molar-refractivity contribution in [2.75, 3.05) is 5.75 Å². The maximum Gasteiger partial charge on any atom is 0.235 e. The first-order valence-corrected chi connectivity index (χ1v) is 8.39. The molecule has 2 fully saturated rings. The van der Waals surface area contributed by atoms with Crippen LogP contribution in [0.4, 0.5) is 0 Å². The highest BCUT2D eigenvalue weighted by molar-refractivity contribution is 7.89. The molecule has 1 aliphatic heterocycles. The Hall–Kier alpha value is -0.620. The normalized spacial score (nSPS) is 33.3. The fourth-order valence-electron chi connectivity index (χ4n) is 3.42. The van der Waals surface area contributed by atoms with Gasteiger partial charge in [-0.2, -0.15) is 4.31 Å². The van der Waals surface area contributed by atoms with Crippen LogP contribution in [0.15, 0.2) is 0 Å². The quantitative estimate of drug-likeness (QED) is 0.825. The molecule has 6 heteroatoms. The van der Waals surface area contributed by atoms with Crippen LogP contribution in [0.3, 0.4) is 0 Å². The third kappa shape index (κ3) is 2.40. The first-order chi connectivity index (χ1) is 8.47. The van der Waals surface area contributed by atoms with Crippen LogP contribution < -0.4 is 5.73 Å². The summed E-state index contributed by atoms with van der Waals surface area (Å²) in [5, 5.41) is 0. The van der Waals surface area contributed by atoms with Crippen molar-refractivity contribution in [2.24, 2.45) is 11.7 Å². The van der Waals surface area contributed by atoms with Gasteiger partial charge in [-0.1, -0.05) is 19.8 Å². The molecule has 2 rings (SSSR count). The van der Waals surface area contributed by atoms with Crippen LogP contribution in [0, 0.1) is 5.92 Å². The van der Waals surface area contributed by atoms with Gasteiger partial charge in [0.05, 0.1) is 5.75 Å². The Balaban J connectivity index is 2.30. The Labute approximate surface area is 109 Å². The summed E-state index contributed by atoms with van der Waals surface area (Å²) >= 11 is 0. The highest BCUT2D eigenvalue weighted by Crippen LogP contribution is 2.41. The van der Waals surface area contributed by atoms with E-state index in [0.717, 1.165) is 25.7 Å². The molecule has 2 N–H and O–H groups in total. The van der Waals surface area contributed by atoms with Gasteiger partial charge in [0.1, 0.15) is 6.04 Å². The summed E-state index contributed by atoms with van der Waals surface area (Å²) in [4.78, 5) is 11.5. The maximum absolute atomic E-state index is 12.3. The predicted octanol–water partition coefficient (Wildman–Crippen LogP) is 0.845. The lowest BCUT2D eigenvalue weighted by atomic mass is 9.85. The van der Waals surface area contributed by atoms with Crippen molar-refractivity contribution in [1.82, 2.24) is 4.31 Å². The van der Waals surface area contributed by atoms with E-state index in [1.54, 1.807) is 0 Å². The standard InChI is InChI=1S/C12H22N2O3S/c1-2-7-18(16,17)14-10-6-4-3-5-9(10)8-11(14)12(13)15/h9-11H,2-8H2,1H3,(H2,13,15). The lowest BCUT2D eigenvalue weighted by molar-refractivity contribution is -0.121. The van der Waals surface area contributed by atoms with Crippen molar-refractivity contribution in [3.8, 4) is 0 Å². The van der Waals surface area contributed by atoms with Crippen LogP contribution in [0.5, 0.6) is 0 Å². The number of fused-ring (bicyclic) bond motifs is 1. The summed E-state index contributed by atoms with van der Waals surface area (Å²) in [6.45, 7) is 1.84. The molecule has 0 aromatic heterocycles. The number of nitrogens with two attached hydrogens (primary N) is 1. The maximum atomic E-state index is 12.3. The van der Waals surface area contributed by atoms with E-state index in [4.69, 9.17) is 5.73 Å². The van der Waals surface area contributed by atoms with Crippen LogP contribution in [-0.4, -0.2) is 36.5 Å². The summed E-state index contributed by atoms with van der Waals surface area (Å²) in [7, 11) is -3.34. The fraction of sp³-hybridized carbons (Fsp3) is 0.917. The van der Waals surface area contributed by atoms with Crippen LogP contribution in [0.1, 0.15) is 45.4 Å². The van der Waals surface area contributed by atoms with Crippen LogP contribution in [0.25, 0.3) is 0 Å². The number of carbonyl (C=O) groups is 1. The minimum atomic E-state index is -3.34. The van der Waals surface area contributed by atoms with E-state index in [1.807, 2.05) is 6.92 Å². The molecule has 3 unspecified atom stereocenters. The first kappa shape index (κ1) is 13.8. The van der Waals surface area contributed by atoms with Gasteiger partial charge in [0.15, 0.2) is 0 Å². The fourth-order valence-corrected chi connectivity index (χ4v) is 5.42. The summed E-state index contributed by atoms with van der Waals surface area (Å²) in [5.74, 6) is -0.0630. The van der Waals surface area contributed by atoms with E-state index in [0.29, 0.717) is 18.8 Å². The Morgan fingerprint density at radius 1 is 1.33 bits per heavy atom. The van der Waals surface area contributed by atoms with Crippen LogP contribution in [-0.2, 0) is 14.8 Å². The van der Waals surface area contributed by atoms with Gasteiger partial charge in [0, 0.05) is 6.04 Å². The van der Waals surface area contributed by atoms with Gasteiger partial charge < -0.3 is 5.73 Å². The number of hydrogen-bond donors (Lipinski definition) is 1. The van der Waals surface area contributed by atoms with Gasteiger partial charge >= 0.3 is 0 Å². The summed E-state index contributed by atoms with van der Waals surface area (Å²) in [5.41, 5.74) is 5.39. The zero-order valence-corrected chi connectivity index (χ0v) is 11.7. The molecule has 1 saturated carbocycles. The van der Waals surface area contributed by atoms with E-state index in [9.17, 15) is 13.2 Å². The number of sulfonamides is 1. The van der Waals surface area contributed by atoms with Crippen molar-refractivity contribution in [1.29, 1.82) is 0 Å². The van der Waals surface area contributed by atoms with Gasteiger partial charge in [0.25, 0.3) is 0 Å². The molecule has 18 heavy (non-hydrogen) atoms. The molecule has 0 spiro atoms. The average molecular weight is 274 g/mol. The molecule has 0 aromatic carbocycles. The number of primary amides is 1. The van der Waals surface area contributed by atoms with E-state index in [-0.39, 0.29) is 11.8 Å².